The molecule has 0 unspecified atom stereocenters. The fraction of sp³-hybridized carbons (Fsp3) is 0.714. The number of hydrogen-bond acceptors (Lipinski definition) is 2. The average molecular weight is 126 g/mol. The van der Waals surface area contributed by atoms with E-state index in [0.717, 1.165) is 19.3 Å². The molecule has 2 heteroatoms. The normalized spacial score (nSPS) is 8.44. The van der Waals surface area contributed by atoms with Crippen LogP contribution in [-0.2, 0) is 4.74 Å². The van der Waals surface area contributed by atoms with Crippen molar-refractivity contribution in [3.05, 3.63) is 6.61 Å². The quantitative estimate of drug-likeness (QED) is 0.416. The number of methoxy groups -OCH3 is 1. The van der Waals surface area contributed by atoms with Crippen molar-refractivity contribution in [2.24, 2.45) is 0 Å². The highest BCUT2D eigenvalue weighted by Crippen LogP contribution is 2.00. The molecule has 0 aromatic rings. The Morgan fingerprint density at radius 2 is 2.33 bits per heavy atom. The van der Waals surface area contributed by atoms with Crippen LogP contribution < -0.4 is 0 Å². The number of rotatable bonds is 5. The molecule has 0 aliphatic heterocycles. The SMILES string of the molecule is CO[CH+]CCCCC#N. The predicted molar refractivity (Wildman–Crippen MR) is 35.4 cm³/mol. The molecular weight excluding hydrogens is 114 g/mol. The minimum Gasteiger partial charge on any atom is -0.200 e. The highest BCUT2D eigenvalue weighted by atomic mass is 16.5. The summed E-state index contributed by atoms with van der Waals surface area (Å²) < 4.78 is 4.71. The average Bonchev–Trinajstić information content (AvgIpc) is 1.89. The molecule has 0 aliphatic rings. The maximum Gasteiger partial charge on any atom is 0.226 e. The highest BCUT2D eigenvalue weighted by Gasteiger charge is 1.94. The van der Waals surface area contributed by atoms with Gasteiger partial charge in [-0.1, -0.05) is 0 Å². The van der Waals surface area contributed by atoms with Crippen LogP contribution in [0.25, 0.3) is 0 Å². The summed E-state index contributed by atoms with van der Waals surface area (Å²) in [6, 6.07) is 2.09. The Labute approximate surface area is 56.4 Å². The third kappa shape index (κ3) is 7.32. The third-order valence-corrected chi connectivity index (χ3v) is 1.03. The molecule has 0 spiro atoms. The smallest absolute Gasteiger partial charge is 0.200 e. The molecular formula is C7H12NO+. The first-order valence-electron chi connectivity index (χ1n) is 3.13. The molecule has 0 fully saturated rings. The number of hydrogen-bond donors (Lipinski definition) is 0. The van der Waals surface area contributed by atoms with E-state index in [2.05, 4.69) is 6.07 Å². The standard InChI is InChI=1S/C7H12NO/c1-9-7-5-3-2-4-6-8/h7H,2-5H2,1H3/q+1. The van der Waals surface area contributed by atoms with Gasteiger partial charge in [0.25, 0.3) is 0 Å². The van der Waals surface area contributed by atoms with Crippen molar-refractivity contribution in [2.75, 3.05) is 7.11 Å². The second kappa shape index (κ2) is 7.32. The molecule has 50 valence electrons. The van der Waals surface area contributed by atoms with Crippen LogP contribution >= 0.6 is 0 Å². The topological polar surface area (TPSA) is 33.0 Å². The summed E-state index contributed by atoms with van der Waals surface area (Å²) in [5.41, 5.74) is 0. The lowest BCUT2D eigenvalue weighted by Crippen LogP contribution is -1.80. The van der Waals surface area contributed by atoms with Crippen LogP contribution in [0.15, 0.2) is 0 Å². The Hall–Kier alpha value is -0.680. The molecule has 0 bridgehead atoms. The van der Waals surface area contributed by atoms with Crippen molar-refractivity contribution in [3.8, 4) is 6.07 Å². The van der Waals surface area contributed by atoms with Gasteiger partial charge in [-0.2, -0.15) is 10.00 Å². The summed E-state index contributed by atoms with van der Waals surface area (Å²) in [6.07, 6.45) is 3.66. The van der Waals surface area contributed by atoms with Crippen LogP contribution in [0.2, 0.25) is 0 Å². The van der Waals surface area contributed by atoms with E-state index in [9.17, 15) is 0 Å². The first-order valence-corrected chi connectivity index (χ1v) is 3.13. The summed E-state index contributed by atoms with van der Waals surface area (Å²) in [5.74, 6) is 0. The zero-order valence-electron chi connectivity index (χ0n) is 5.76. The highest BCUT2D eigenvalue weighted by molar-refractivity contribution is 4.68. The molecule has 0 atom stereocenters. The second-order valence-electron chi connectivity index (χ2n) is 1.81. The van der Waals surface area contributed by atoms with E-state index in [0.29, 0.717) is 6.42 Å². The zero-order chi connectivity index (χ0) is 6.95. The van der Waals surface area contributed by atoms with Crippen LogP contribution in [0.4, 0.5) is 0 Å². The van der Waals surface area contributed by atoms with Crippen molar-refractivity contribution >= 4 is 0 Å². The Balaban J connectivity index is 2.69. The zero-order valence-corrected chi connectivity index (χ0v) is 5.76. The third-order valence-electron chi connectivity index (χ3n) is 1.03. The molecule has 0 aromatic heterocycles. The first kappa shape index (κ1) is 8.32. The molecule has 0 aromatic carbocycles. The summed E-state index contributed by atoms with van der Waals surface area (Å²) >= 11 is 0. The summed E-state index contributed by atoms with van der Waals surface area (Å²) in [6.45, 7) is 1.76. The Morgan fingerprint density at radius 1 is 1.56 bits per heavy atom. The van der Waals surface area contributed by atoms with Gasteiger partial charge in [0.05, 0.1) is 13.2 Å². The fourth-order valence-corrected chi connectivity index (χ4v) is 0.550. The van der Waals surface area contributed by atoms with E-state index < -0.39 is 0 Å². The lowest BCUT2D eigenvalue weighted by Gasteiger charge is -1.85. The number of nitriles is 1. The maximum absolute atomic E-state index is 8.13. The summed E-state index contributed by atoms with van der Waals surface area (Å²) in [5, 5.41) is 8.13. The summed E-state index contributed by atoms with van der Waals surface area (Å²) in [7, 11) is 1.64. The molecule has 0 saturated carbocycles. The fourth-order valence-electron chi connectivity index (χ4n) is 0.550. The van der Waals surface area contributed by atoms with E-state index in [-0.39, 0.29) is 0 Å². The van der Waals surface area contributed by atoms with Gasteiger partial charge in [-0.3, -0.25) is 0 Å². The van der Waals surface area contributed by atoms with Crippen molar-refractivity contribution in [1.29, 1.82) is 5.26 Å². The Bertz CT molecular complexity index is 85.4. The van der Waals surface area contributed by atoms with Gasteiger partial charge in [0.15, 0.2) is 0 Å². The molecule has 0 radical (unpaired) electrons. The van der Waals surface area contributed by atoms with E-state index >= 15 is 0 Å². The van der Waals surface area contributed by atoms with Gasteiger partial charge in [-0.05, 0) is 12.8 Å². The molecule has 0 heterocycles. The Kier molecular flexibility index (Phi) is 6.77. The summed E-state index contributed by atoms with van der Waals surface area (Å²) in [4.78, 5) is 0. The van der Waals surface area contributed by atoms with Gasteiger partial charge >= 0.3 is 0 Å². The molecule has 0 aliphatic carbocycles. The molecule has 0 saturated heterocycles. The van der Waals surface area contributed by atoms with Crippen molar-refractivity contribution in [1.82, 2.24) is 0 Å². The van der Waals surface area contributed by atoms with Crippen LogP contribution in [-0.4, -0.2) is 7.11 Å². The minimum absolute atomic E-state index is 0.664. The Morgan fingerprint density at radius 3 is 2.89 bits per heavy atom. The van der Waals surface area contributed by atoms with Crippen LogP contribution in [0.5, 0.6) is 0 Å². The lowest BCUT2D eigenvalue weighted by molar-refractivity contribution is 0.262. The largest absolute Gasteiger partial charge is 0.226 e. The van der Waals surface area contributed by atoms with Gasteiger partial charge < -0.3 is 0 Å². The number of ether oxygens (including phenoxy) is 1. The van der Waals surface area contributed by atoms with Crippen LogP contribution in [0.1, 0.15) is 25.7 Å². The van der Waals surface area contributed by atoms with Gasteiger partial charge in [0.1, 0.15) is 6.42 Å². The molecule has 0 N–H and O–H groups in total. The molecule has 0 amide bonds. The van der Waals surface area contributed by atoms with E-state index in [4.69, 9.17) is 10.00 Å². The molecule has 2 nitrogen and oxygen atoms in total. The van der Waals surface area contributed by atoms with E-state index in [1.165, 1.54) is 0 Å². The van der Waals surface area contributed by atoms with Crippen LogP contribution in [0.3, 0.4) is 0 Å². The van der Waals surface area contributed by atoms with E-state index in [1.54, 1.807) is 13.7 Å². The van der Waals surface area contributed by atoms with Crippen molar-refractivity contribution in [3.63, 3.8) is 0 Å². The van der Waals surface area contributed by atoms with Gasteiger partial charge in [-0.25, -0.2) is 0 Å². The number of nitrogens with zero attached hydrogens (tertiary/aromatic N) is 1. The van der Waals surface area contributed by atoms with Crippen molar-refractivity contribution < 1.29 is 4.74 Å². The molecule has 0 rings (SSSR count). The maximum atomic E-state index is 8.13. The van der Waals surface area contributed by atoms with E-state index in [1.807, 2.05) is 0 Å². The molecule has 9 heavy (non-hydrogen) atoms. The second-order valence-corrected chi connectivity index (χ2v) is 1.81. The van der Waals surface area contributed by atoms with Crippen molar-refractivity contribution in [2.45, 2.75) is 25.7 Å². The van der Waals surface area contributed by atoms with Gasteiger partial charge in [0.2, 0.25) is 6.61 Å². The van der Waals surface area contributed by atoms with Gasteiger partial charge in [-0.15, -0.1) is 0 Å². The number of unbranched alkanes of at least 4 members (excludes halogenated alkanes) is 3. The monoisotopic (exact) mass is 126 g/mol. The van der Waals surface area contributed by atoms with Crippen LogP contribution in [0, 0.1) is 17.9 Å². The minimum atomic E-state index is 0.664. The predicted octanol–water partition coefficient (Wildman–Crippen LogP) is 1.88. The van der Waals surface area contributed by atoms with Gasteiger partial charge in [0, 0.05) is 6.42 Å². The first-order chi connectivity index (χ1) is 4.41. The lowest BCUT2D eigenvalue weighted by atomic mass is 10.2.